The minimum absolute atomic E-state index is 0.263. The molecule has 1 heterocycles. The van der Waals surface area contributed by atoms with Crippen molar-refractivity contribution in [3.05, 3.63) is 48.0 Å². The van der Waals surface area contributed by atoms with Crippen molar-refractivity contribution in [2.75, 3.05) is 29.2 Å². The topological polar surface area (TPSA) is 108 Å². The quantitative estimate of drug-likeness (QED) is 0.694. The first-order valence-corrected chi connectivity index (χ1v) is 9.68. The van der Waals surface area contributed by atoms with Crippen molar-refractivity contribution in [2.24, 2.45) is 0 Å². The fraction of sp³-hybridized carbons (Fsp3) is 0.273. The highest BCUT2D eigenvalue weighted by Gasteiger charge is 2.44. The Bertz CT molecular complexity index is 1030. The lowest BCUT2D eigenvalue weighted by Crippen LogP contribution is -2.39. The molecule has 9 heteroatoms. The van der Waals surface area contributed by atoms with Gasteiger partial charge in [-0.25, -0.2) is 4.79 Å². The van der Waals surface area contributed by atoms with Crippen LogP contribution in [0.25, 0.3) is 0 Å². The number of rotatable bonds is 6. The SMILES string of the molecule is COc1ccc(NC(C)=O)cc1NC(=O)CN1C(=O)C(C)N(c2ccc(C)cc2)C1=O. The molecule has 3 rings (SSSR count). The van der Waals surface area contributed by atoms with Crippen LogP contribution in [0.3, 0.4) is 0 Å². The minimum Gasteiger partial charge on any atom is -0.495 e. The van der Waals surface area contributed by atoms with Gasteiger partial charge in [0.1, 0.15) is 18.3 Å². The second-order valence-corrected chi connectivity index (χ2v) is 7.23. The Morgan fingerprint density at radius 1 is 1.06 bits per heavy atom. The number of aryl methyl sites for hydroxylation is 1. The molecule has 31 heavy (non-hydrogen) atoms. The summed E-state index contributed by atoms with van der Waals surface area (Å²) in [5.41, 5.74) is 2.39. The van der Waals surface area contributed by atoms with Crippen LogP contribution in [-0.4, -0.2) is 48.3 Å². The molecule has 0 bridgehead atoms. The molecule has 162 valence electrons. The predicted octanol–water partition coefficient (Wildman–Crippen LogP) is 2.76. The molecule has 0 radical (unpaired) electrons. The van der Waals surface area contributed by atoms with Crippen LogP contribution in [0, 0.1) is 6.92 Å². The first-order chi connectivity index (χ1) is 14.7. The van der Waals surface area contributed by atoms with Crippen molar-refractivity contribution in [3.8, 4) is 5.75 Å². The Balaban J connectivity index is 1.76. The number of carbonyl (C=O) groups is 4. The van der Waals surface area contributed by atoms with E-state index >= 15 is 0 Å². The van der Waals surface area contributed by atoms with E-state index in [1.807, 2.05) is 19.1 Å². The number of benzene rings is 2. The fourth-order valence-corrected chi connectivity index (χ4v) is 3.33. The summed E-state index contributed by atoms with van der Waals surface area (Å²) in [6.45, 7) is 4.47. The number of hydrogen-bond acceptors (Lipinski definition) is 5. The van der Waals surface area contributed by atoms with E-state index in [-0.39, 0.29) is 5.91 Å². The summed E-state index contributed by atoms with van der Waals surface area (Å²) in [5, 5.41) is 5.26. The summed E-state index contributed by atoms with van der Waals surface area (Å²) >= 11 is 0. The lowest BCUT2D eigenvalue weighted by Gasteiger charge is -2.19. The van der Waals surface area contributed by atoms with Crippen LogP contribution < -0.4 is 20.3 Å². The third kappa shape index (κ3) is 4.66. The zero-order valence-corrected chi connectivity index (χ0v) is 17.8. The summed E-state index contributed by atoms with van der Waals surface area (Å²) in [7, 11) is 1.44. The second kappa shape index (κ2) is 8.86. The lowest BCUT2D eigenvalue weighted by molar-refractivity contribution is -0.130. The summed E-state index contributed by atoms with van der Waals surface area (Å²) in [5.74, 6) is -0.922. The van der Waals surface area contributed by atoms with E-state index in [4.69, 9.17) is 4.74 Å². The van der Waals surface area contributed by atoms with Crippen molar-refractivity contribution < 1.29 is 23.9 Å². The Labute approximate surface area is 180 Å². The van der Waals surface area contributed by atoms with Crippen LogP contribution in [0.4, 0.5) is 21.9 Å². The molecule has 1 fully saturated rings. The number of amides is 5. The van der Waals surface area contributed by atoms with Gasteiger partial charge in [-0.1, -0.05) is 17.7 Å². The zero-order valence-electron chi connectivity index (χ0n) is 17.8. The van der Waals surface area contributed by atoms with Crippen molar-refractivity contribution in [3.63, 3.8) is 0 Å². The van der Waals surface area contributed by atoms with Crippen molar-refractivity contribution in [2.45, 2.75) is 26.8 Å². The number of carbonyl (C=O) groups excluding carboxylic acids is 4. The summed E-state index contributed by atoms with van der Waals surface area (Å²) in [6, 6.07) is 10.7. The van der Waals surface area contributed by atoms with Gasteiger partial charge in [0.05, 0.1) is 12.8 Å². The van der Waals surface area contributed by atoms with Crippen LogP contribution in [-0.2, 0) is 14.4 Å². The highest BCUT2D eigenvalue weighted by atomic mass is 16.5. The molecule has 0 aromatic heterocycles. The monoisotopic (exact) mass is 424 g/mol. The second-order valence-electron chi connectivity index (χ2n) is 7.23. The van der Waals surface area contributed by atoms with Gasteiger partial charge < -0.3 is 15.4 Å². The molecule has 5 amide bonds. The molecule has 1 aliphatic rings. The average Bonchev–Trinajstić information content (AvgIpc) is 2.92. The third-order valence-corrected chi connectivity index (χ3v) is 4.86. The van der Waals surface area contributed by atoms with Gasteiger partial charge in [-0.15, -0.1) is 0 Å². The summed E-state index contributed by atoms with van der Waals surface area (Å²) in [4.78, 5) is 51.8. The van der Waals surface area contributed by atoms with Crippen molar-refractivity contribution in [1.29, 1.82) is 0 Å². The number of nitrogens with zero attached hydrogens (tertiary/aromatic N) is 2. The lowest BCUT2D eigenvalue weighted by atomic mass is 10.2. The molecule has 2 aromatic carbocycles. The smallest absolute Gasteiger partial charge is 0.332 e. The molecule has 1 saturated heterocycles. The number of ether oxygens (including phenoxy) is 1. The van der Waals surface area contributed by atoms with E-state index in [0.29, 0.717) is 22.8 Å². The van der Waals surface area contributed by atoms with Gasteiger partial charge in [0, 0.05) is 18.3 Å². The molecule has 0 aliphatic carbocycles. The van der Waals surface area contributed by atoms with E-state index in [0.717, 1.165) is 10.5 Å². The van der Waals surface area contributed by atoms with Crippen LogP contribution in [0.5, 0.6) is 5.75 Å². The molecule has 2 aromatic rings. The highest BCUT2D eigenvalue weighted by molar-refractivity contribution is 6.16. The number of methoxy groups -OCH3 is 1. The van der Waals surface area contributed by atoms with E-state index in [9.17, 15) is 19.2 Å². The molecule has 0 spiro atoms. The average molecular weight is 424 g/mol. The Morgan fingerprint density at radius 2 is 1.74 bits per heavy atom. The molecule has 9 nitrogen and oxygen atoms in total. The maximum atomic E-state index is 12.9. The van der Waals surface area contributed by atoms with E-state index < -0.39 is 30.4 Å². The van der Waals surface area contributed by atoms with E-state index in [1.165, 1.54) is 25.0 Å². The van der Waals surface area contributed by atoms with E-state index in [2.05, 4.69) is 10.6 Å². The standard InChI is InChI=1S/C22H24N4O5/c1-13-5-8-17(9-6-13)26-14(2)21(29)25(22(26)30)12-20(28)24-18-11-16(23-15(3)27)7-10-19(18)31-4/h5-11,14H,12H2,1-4H3,(H,23,27)(H,24,28). The van der Waals surface area contributed by atoms with Crippen molar-refractivity contribution >= 4 is 40.8 Å². The van der Waals surface area contributed by atoms with Gasteiger partial charge in [-0.05, 0) is 44.2 Å². The number of anilines is 3. The first-order valence-electron chi connectivity index (χ1n) is 9.68. The molecule has 1 aliphatic heterocycles. The van der Waals surface area contributed by atoms with Gasteiger partial charge in [0.2, 0.25) is 11.8 Å². The third-order valence-electron chi connectivity index (χ3n) is 4.86. The molecular formula is C22H24N4O5. The molecule has 1 unspecified atom stereocenters. The van der Waals surface area contributed by atoms with Crippen molar-refractivity contribution in [1.82, 2.24) is 4.90 Å². The Kier molecular flexibility index (Phi) is 6.24. The molecule has 2 N–H and O–H groups in total. The largest absolute Gasteiger partial charge is 0.495 e. The Hall–Kier alpha value is -3.88. The maximum Gasteiger partial charge on any atom is 0.332 e. The first kappa shape index (κ1) is 21.8. The molecular weight excluding hydrogens is 400 g/mol. The van der Waals surface area contributed by atoms with Gasteiger partial charge in [0.25, 0.3) is 5.91 Å². The predicted molar refractivity (Wildman–Crippen MR) is 116 cm³/mol. The molecule has 1 atom stereocenters. The molecule has 0 saturated carbocycles. The number of urea groups is 1. The summed E-state index contributed by atoms with van der Waals surface area (Å²) < 4.78 is 5.24. The van der Waals surface area contributed by atoms with Gasteiger partial charge in [-0.2, -0.15) is 0 Å². The van der Waals surface area contributed by atoms with Gasteiger partial charge in [0.15, 0.2) is 0 Å². The number of hydrogen-bond donors (Lipinski definition) is 2. The van der Waals surface area contributed by atoms with Crippen LogP contribution in [0.2, 0.25) is 0 Å². The van der Waals surface area contributed by atoms with Gasteiger partial charge in [-0.3, -0.25) is 24.2 Å². The minimum atomic E-state index is -0.722. The highest BCUT2D eigenvalue weighted by Crippen LogP contribution is 2.29. The Morgan fingerprint density at radius 3 is 2.35 bits per heavy atom. The van der Waals surface area contributed by atoms with Gasteiger partial charge >= 0.3 is 6.03 Å². The zero-order chi connectivity index (χ0) is 22.7. The van der Waals surface area contributed by atoms with Crippen LogP contribution in [0.15, 0.2) is 42.5 Å². The number of imide groups is 1. The fourth-order valence-electron chi connectivity index (χ4n) is 3.33. The maximum absolute atomic E-state index is 12.9. The van der Waals surface area contributed by atoms with E-state index in [1.54, 1.807) is 31.2 Å². The normalized spacial score (nSPS) is 15.8. The number of nitrogens with one attached hydrogen (secondary N) is 2. The van der Waals surface area contributed by atoms with Crippen LogP contribution >= 0.6 is 0 Å². The van der Waals surface area contributed by atoms with Crippen LogP contribution in [0.1, 0.15) is 19.4 Å². The summed E-state index contributed by atoms with van der Waals surface area (Å²) in [6.07, 6.45) is 0.